The molecule has 0 atom stereocenters. The summed E-state index contributed by atoms with van der Waals surface area (Å²) in [5, 5.41) is 0.644. The first-order valence-corrected chi connectivity index (χ1v) is 6.42. The smallest absolute Gasteiger partial charge is 0.399 e. The summed E-state index contributed by atoms with van der Waals surface area (Å²) in [4.78, 5) is 0. The zero-order chi connectivity index (χ0) is 13.6. The minimum Gasteiger partial charge on any atom is -0.399 e. The van der Waals surface area contributed by atoms with Crippen LogP contribution in [0.15, 0.2) is 24.8 Å². The van der Waals surface area contributed by atoms with Crippen LogP contribution in [0.1, 0.15) is 33.3 Å². The first-order valence-electron chi connectivity index (χ1n) is 6.04. The van der Waals surface area contributed by atoms with Gasteiger partial charge < -0.3 is 9.31 Å². The molecule has 0 unspecified atom stereocenters. The van der Waals surface area contributed by atoms with E-state index in [-0.39, 0.29) is 11.2 Å². The fraction of sp³-hybridized carbons (Fsp3) is 0.429. The first-order chi connectivity index (χ1) is 8.27. The van der Waals surface area contributed by atoms with Gasteiger partial charge in [0.25, 0.3) is 0 Å². The third-order valence-electron chi connectivity index (χ3n) is 3.77. The average Bonchev–Trinajstić information content (AvgIpc) is 2.47. The van der Waals surface area contributed by atoms with Crippen molar-refractivity contribution < 1.29 is 9.31 Å². The Labute approximate surface area is 114 Å². The second kappa shape index (κ2) is 4.41. The fourth-order valence-corrected chi connectivity index (χ4v) is 2.11. The second-order valence-electron chi connectivity index (χ2n) is 5.57. The predicted molar refractivity (Wildman–Crippen MR) is 77.3 cm³/mol. The van der Waals surface area contributed by atoms with Gasteiger partial charge in [-0.3, -0.25) is 0 Å². The van der Waals surface area contributed by atoms with Crippen LogP contribution in [0.5, 0.6) is 0 Å². The van der Waals surface area contributed by atoms with Crippen LogP contribution in [0.2, 0.25) is 5.02 Å². The molecular formula is C14H18BClO2. The quantitative estimate of drug-likeness (QED) is 0.763. The summed E-state index contributed by atoms with van der Waals surface area (Å²) >= 11 is 6.27. The van der Waals surface area contributed by atoms with Gasteiger partial charge in [-0.25, -0.2) is 0 Å². The van der Waals surface area contributed by atoms with Gasteiger partial charge in [0, 0.05) is 10.5 Å². The van der Waals surface area contributed by atoms with E-state index >= 15 is 0 Å². The van der Waals surface area contributed by atoms with E-state index in [1.165, 1.54) is 0 Å². The molecule has 4 heteroatoms. The van der Waals surface area contributed by atoms with Gasteiger partial charge in [0.05, 0.1) is 11.2 Å². The van der Waals surface area contributed by atoms with Crippen LogP contribution in [0, 0.1) is 0 Å². The highest BCUT2D eigenvalue weighted by molar-refractivity contribution is 6.65. The number of rotatable bonds is 2. The maximum Gasteiger partial charge on any atom is 0.496 e. The molecule has 0 saturated carbocycles. The normalized spacial score (nSPS) is 21.1. The van der Waals surface area contributed by atoms with Gasteiger partial charge in [0.1, 0.15) is 0 Å². The Bertz CT molecular complexity index is 467. The molecule has 96 valence electrons. The third-order valence-corrected chi connectivity index (χ3v) is 4.09. The second-order valence-corrected chi connectivity index (χ2v) is 5.98. The van der Waals surface area contributed by atoms with Gasteiger partial charge in [-0.15, -0.1) is 0 Å². The van der Waals surface area contributed by atoms with Crippen molar-refractivity contribution in [3.05, 3.63) is 35.4 Å². The Morgan fingerprint density at radius 2 is 1.72 bits per heavy atom. The van der Waals surface area contributed by atoms with E-state index in [2.05, 4.69) is 6.58 Å². The molecule has 1 saturated heterocycles. The Morgan fingerprint density at radius 3 is 2.17 bits per heavy atom. The lowest BCUT2D eigenvalue weighted by molar-refractivity contribution is 0.00578. The predicted octanol–water partition coefficient (Wildman–Crippen LogP) is 3.28. The Morgan fingerprint density at radius 1 is 1.17 bits per heavy atom. The number of benzene rings is 1. The number of hydrogen-bond acceptors (Lipinski definition) is 2. The van der Waals surface area contributed by atoms with Gasteiger partial charge in [-0.1, -0.05) is 36.4 Å². The molecule has 1 aliphatic rings. The molecule has 1 heterocycles. The van der Waals surface area contributed by atoms with E-state index in [1.807, 2.05) is 45.9 Å². The summed E-state index contributed by atoms with van der Waals surface area (Å²) in [5.74, 6) is 0. The molecule has 0 aromatic heterocycles. The van der Waals surface area contributed by atoms with Crippen molar-refractivity contribution in [1.82, 2.24) is 0 Å². The van der Waals surface area contributed by atoms with Crippen molar-refractivity contribution in [2.24, 2.45) is 0 Å². The summed E-state index contributed by atoms with van der Waals surface area (Å²) in [6.07, 6.45) is 1.76. The summed E-state index contributed by atoms with van der Waals surface area (Å²) in [6, 6.07) is 5.76. The highest BCUT2D eigenvalue weighted by atomic mass is 35.5. The molecule has 18 heavy (non-hydrogen) atoms. The van der Waals surface area contributed by atoms with E-state index in [9.17, 15) is 0 Å². The van der Waals surface area contributed by atoms with Crippen molar-refractivity contribution in [3.8, 4) is 0 Å². The summed E-state index contributed by atoms with van der Waals surface area (Å²) in [5.41, 5.74) is 1.15. The van der Waals surface area contributed by atoms with Crippen LogP contribution in [0.4, 0.5) is 0 Å². The molecule has 1 aromatic rings. The van der Waals surface area contributed by atoms with Gasteiger partial charge in [0.2, 0.25) is 0 Å². The zero-order valence-electron chi connectivity index (χ0n) is 11.3. The topological polar surface area (TPSA) is 18.5 Å². The van der Waals surface area contributed by atoms with E-state index in [4.69, 9.17) is 20.9 Å². The minimum atomic E-state index is -0.415. The van der Waals surface area contributed by atoms with Crippen molar-refractivity contribution in [1.29, 1.82) is 0 Å². The van der Waals surface area contributed by atoms with Crippen LogP contribution in [-0.4, -0.2) is 18.3 Å². The molecular weight excluding hydrogens is 246 g/mol. The summed E-state index contributed by atoms with van der Waals surface area (Å²) in [6.45, 7) is 11.8. The molecule has 0 spiro atoms. The van der Waals surface area contributed by atoms with E-state index in [0.717, 1.165) is 11.0 Å². The van der Waals surface area contributed by atoms with Crippen molar-refractivity contribution >= 4 is 30.3 Å². The lowest BCUT2D eigenvalue weighted by Gasteiger charge is -2.32. The van der Waals surface area contributed by atoms with Crippen LogP contribution < -0.4 is 5.46 Å². The molecule has 0 amide bonds. The van der Waals surface area contributed by atoms with Gasteiger partial charge >= 0.3 is 7.12 Å². The zero-order valence-corrected chi connectivity index (χ0v) is 12.0. The standard InChI is InChI=1S/C14H18BClO2/c1-6-10-7-8-11(12(16)9-10)15-17-13(2,3)14(4,5)18-15/h6-9H,1H2,2-5H3. The van der Waals surface area contributed by atoms with Crippen molar-refractivity contribution in [2.75, 3.05) is 0 Å². The molecule has 0 N–H and O–H groups in total. The van der Waals surface area contributed by atoms with E-state index < -0.39 is 7.12 Å². The minimum absolute atomic E-state index is 0.349. The summed E-state index contributed by atoms with van der Waals surface area (Å²) < 4.78 is 11.9. The van der Waals surface area contributed by atoms with Crippen LogP contribution in [0.3, 0.4) is 0 Å². The van der Waals surface area contributed by atoms with Gasteiger partial charge in [0.15, 0.2) is 0 Å². The third kappa shape index (κ3) is 2.23. The number of hydrogen-bond donors (Lipinski definition) is 0. The molecule has 2 rings (SSSR count). The summed E-state index contributed by atoms with van der Waals surface area (Å²) in [7, 11) is -0.415. The highest BCUT2D eigenvalue weighted by Crippen LogP contribution is 2.37. The Balaban J connectivity index is 2.32. The maximum absolute atomic E-state index is 6.27. The van der Waals surface area contributed by atoms with Gasteiger partial charge in [-0.2, -0.15) is 0 Å². The largest absolute Gasteiger partial charge is 0.496 e. The molecule has 2 nitrogen and oxygen atoms in total. The molecule has 1 aromatic carbocycles. The van der Waals surface area contributed by atoms with E-state index in [1.54, 1.807) is 6.08 Å². The van der Waals surface area contributed by atoms with Gasteiger partial charge in [-0.05, 0) is 39.3 Å². The maximum atomic E-state index is 6.27. The molecule has 1 fully saturated rings. The van der Waals surface area contributed by atoms with Crippen molar-refractivity contribution in [2.45, 2.75) is 38.9 Å². The molecule has 0 bridgehead atoms. The first kappa shape index (κ1) is 13.7. The SMILES string of the molecule is C=Cc1ccc(B2OC(C)(C)C(C)(C)O2)c(Cl)c1. The highest BCUT2D eigenvalue weighted by Gasteiger charge is 2.52. The van der Waals surface area contributed by atoms with Crippen LogP contribution in [0.25, 0.3) is 6.08 Å². The monoisotopic (exact) mass is 264 g/mol. The molecule has 0 radical (unpaired) electrons. The average molecular weight is 265 g/mol. The molecule has 1 aliphatic heterocycles. The fourth-order valence-electron chi connectivity index (χ4n) is 1.83. The van der Waals surface area contributed by atoms with Crippen LogP contribution >= 0.6 is 11.6 Å². The lowest BCUT2D eigenvalue weighted by atomic mass is 9.78. The van der Waals surface area contributed by atoms with Crippen LogP contribution in [-0.2, 0) is 9.31 Å². The Kier molecular flexibility index (Phi) is 3.35. The van der Waals surface area contributed by atoms with E-state index in [0.29, 0.717) is 5.02 Å². The lowest BCUT2D eigenvalue weighted by Crippen LogP contribution is -2.41. The molecule has 0 aliphatic carbocycles. The van der Waals surface area contributed by atoms with Crippen molar-refractivity contribution in [3.63, 3.8) is 0 Å². The Hall–Kier alpha value is -0.765. The number of halogens is 1.